The Bertz CT molecular complexity index is 986. The number of amides is 3. The Balaban J connectivity index is 1.64. The number of hydrogen-bond donors (Lipinski definition) is 0. The topological polar surface area (TPSA) is 76.2 Å². The van der Waals surface area contributed by atoms with Gasteiger partial charge in [-0.05, 0) is 41.8 Å². The number of fused-ring (bicyclic) bond motifs is 1. The van der Waals surface area contributed by atoms with Crippen molar-refractivity contribution >= 4 is 17.7 Å². The molecule has 1 heterocycles. The second-order valence-electron chi connectivity index (χ2n) is 7.32. The van der Waals surface area contributed by atoms with Crippen LogP contribution in [0.4, 0.5) is 0 Å². The van der Waals surface area contributed by atoms with Gasteiger partial charge in [0, 0.05) is 32.1 Å². The van der Waals surface area contributed by atoms with Gasteiger partial charge in [0.05, 0.1) is 20.6 Å². The molecular formula is C23H26N2O5. The Kier molecular flexibility index (Phi) is 6.40. The van der Waals surface area contributed by atoms with Gasteiger partial charge in [-0.25, -0.2) is 0 Å². The fourth-order valence-corrected chi connectivity index (χ4v) is 3.56. The largest absolute Gasteiger partial charge is 0.493 e. The number of ether oxygens (including phenoxy) is 2. The summed E-state index contributed by atoms with van der Waals surface area (Å²) in [6.07, 6.45) is 0.249. The van der Waals surface area contributed by atoms with Gasteiger partial charge in [-0.15, -0.1) is 0 Å². The van der Waals surface area contributed by atoms with Gasteiger partial charge in [-0.3, -0.25) is 19.3 Å². The lowest BCUT2D eigenvalue weighted by atomic mass is 9.98. The molecule has 1 aliphatic heterocycles. The Morgan fingerprint density at radius 3 is 2.47 bits per heavy atom. The van der Waals surface area contributed by atoms with E-state index in [-0.39, 0.29) is 37.1 Å². The molecule has 0 radical (unpaired) electrons. The van der Waals surface area contributed by atoms with Crippen molar-refractivity contribution in [3.8, 4) is 11.5 Å². The molecule has 0 aliphatic carbocycles. The Morgan fingerprint density at radius 1 is 1.10 bits per heavy atom. The second-order valence-corrected chi connectivity index (χ2v) is 7.32. The van der Waals surface area contributed by atoms with E-state index >= 15 is 0 Å². The fraction of sp³-hybridized carbons (Fsp3) is 0.348. The summed E-state index contributed by atoms with van der Waals surface area (Å²) in [5.74, 6) is 0.471. The zero-order chi connectivity index (χ0) is 21.8. The van der Waals surface area contributed by atoms with Gasteiger partial charge < -0.3 is 14.4 Å². The molecule has 0 aromatic heterocycles. The van der Waals surface area contributed by atoms with Crippen LogP contribution in [0.5, 0.6) is 11.5 Å². The Morgan fingerprint density at radius 2 is 1.77 bits per heavy atom. The van der Waals surface area contributed by atoms with Gasteiger partial charge in [-0.1, -0.05) is 18.2 Å². The highest BCUT2D eigenvalue weighted by molar-refractivity contribution is 6.09. The van der Waals surface area contributed by atoms with Crippen molar-refractivity contribution in [1.82, 2.24) is 9.80 Å². The Hall–Kier alpha value is -3.35. The van der Waals surface area contributed by atoms with E-state index in [1.54, 1.807) is 44.4 Å². The van der Waals surface area contributed by atoms with E-state index in [4.69, 9.17) is 9.47 Å². The van der Waals surface area contributed by atoms with Crippen molar-refractivity contribution in [3.05, 3.63) is 58.7 Å². The molecule has 0 N–H and O–H groups in total. The smallest absolute Gasteiger partial charge is 0.260 e. The number of imide groups is 1. The number of carbonyl (C=O) groups excluding carboxylic acids is 3. The molecular weight excluding hydrogens is 384 g/mol. The maximum Gasteiger partial charge on any atom is 0.260 e. The van der Waals surface area contributed by atoms with Gasteiger partial charge >= 0.3 is 0 Å². The number of benzene rings is 2. The molecule has 30 heavy (non-hydrogen) atoms. The molecule has 3 amide bonds. The number of methoxy groups -OCH3 is 2. The highest BCUT2D eigenvalue weighted by Gasteiger charge is 2.30. The summed E-state index contributed by atoms with van der Waals surface area (Å²) in [4.78, 5) is 40.4. The van der Waals surface area contributed by atoms with Crippen molar-refractivity contribution in [1.29, 1.82) is 0 Å². The summed E-state index contributed by atoms with van der Waals surface area (Å²) >= 11 is 0. The zero-order valence-electron chi connectivity index (χ0n) is 17.7. The SMILES string of the molecule is COc1cc(C)c(CN(C)C(=O)CCN2C(=O)Cc3ccccc3C2=O)cc1OC. The van der Waals surface area contributed by atoms with Gasteiger partial charge in [0.1, 0.15) is 0 Å². The van der Waals surface area contributed by atoms with Gasteiger partial charge in [-0.2, -0.15) is 0 Å². The lowest BCUT2D eigenvalue weighted by Gasteiger charge is -2.27. The normalized spacial score (nSPS) is 13.1. The first-order chi connectivity index (χ1) is 14.3. The second kappa shape index (κ2) is 8.98. The van der Waals surface area contributed by atoms with Crippen LogP contribution in [0.1, 0.15) is 33.5 Å². The molecule has 2 aromatic carbocycles. The molecule has 0 atom stereocenters. The van der Waals surface area contributed by atoms with Crippen LogP contribution >= 0.6 is 0 Å². The monoisotopic (exact) mass is 410 g/mol. The molecule has 0 saturated carbocycles. The van der Waals surface area contributed by atoms with Crippen LogP contribution in [0.15, 0.2) is 36.4 Å². The molecule has 2 aromatic rings. The number of rotatable bonds is 7. The number of aryl methyl sites for hydroxylation is 1. The van der Waals surface area contributed by atoms with Crippen LogP contribution in [0, 0.1) is 6.92 Å². The number of carbonyl (C=O) groups is 3. The Labute approximate surface area is 176 Å². The lowest BCUT2D eigenvalue weighted by molar-refractivity contribution is -0.132. The summed E-state index contributed by atoms with van der Waals surface area (Å²) in [7, 11) is 4.85. The predicted octanol–water partition coefficient (Wildman–Crippen LogP) is 2.59. The maximum atomic E-state index is 12.7. The maximum absolute atomic E-state index is 12.7. The van der Waals surface area contributed by atoms with Crippen molar-refractivity contribution in [2.24, 2.45) is 0 Å². The summed E-state index contributed by atoms with van der Waals surface area (Å²) in [5, 5.41) is 0. The fourth-order valence-electron chi connectivity index (χ4n) is 3.56. The quantitative estimate of drug-likeness (QED) is 0.656. The van der Waals surface area contributed by atoms with E-state index in [1.807, 2.05) is 25.1 Å². The van der Waals surface area contributed by atoms with Crippen molar-refractivity contribution in [2.75, 3.05) is 27.8 Å². The molecule has 0 fully saturated rings. The van der Waals surface area contributed by atoms with E-state index in [0.29, 0.717) is 23.6 Å². The van der Waals surface area contributed by atoms with Crippen LogP contribution < -0.4 is 9.47 Å². The van der Waals surface area contributed by atoms with E-state index in [1.165, 1.54) is 4.90 Å². The summed E-state index contributed by atoms with van der Waals surface area (Å²) in [5.41, 5.74) is 3.17. The molecule has 0 unspecified atom stereocenters. The average Bonchev–Trinajstić information content (AvgIpc) is 2.74. The van der Waals surface area contributed by atoms with Crippen molar-refractivity contribution in [2.45, 2.75) is 26.3 Å². The molecule has 3 rings (SSSR count). The molecule has 1 aliphatic rings. The van der Waals surface area contributed by atoms with Crippen LogP contribution in [-0.2, 0) is 22.6 Å². The predicted molar refractivity (Wildman–Crippen MR) is 112 cm³/mol. The first-order valence-electron chi connectivity index (χ1n) is 9.73. The van der Waals surface area contributed by atoms with Crippen LogP contribution in [-0.4, -0.2) is 55.3 Å². The standard InChI is InChI=1S/C23H26N2O5/c1-15-11-19(29-3)20(30-4)12-17(15)14-24(2)21(26)9-10-25-22(27)13-16-7-5-6-8-18(16)23(25)28/h5-8,11-12H,9-10,13-14H2,1-4H3. The van der Waals surface area contributed by atoms with Gasteiger partial charge in [0.15, 0.2) is 11.5 Å². The molecule has 0 saturated heterocycles. The molecule has 158 valence electrons. The molecule has 0 bridgehead atoms. The molecule has 7 nitrogen and oxygen atoms in total. The molecule has 0 spiro atoms. The van der Waals surface area contributed by atoms with E-state index in [0.717, 1.165) is 16.7 Å². The van der Waals surface area contributed by atoms with Crippen LogP contribution in [0.3, 0.4) is 0 Å². The van der Waals surface area contributed by atoms with Crippen molar-refractivity contribution < 1.29 is 23.9 Å². The lowest BCUT2D eigenvalue weighted by Crippen LogP contribution is -2.44. The summed E-state index contributed by atoms with van der Waals surface area (Å²) in [6, 6.07) is 10.8. The highest BCUT2D eigenvalue weighted by atomic mass is 16.5. The van der Waals surface area contributed by atoms with Gasteiger partial charge in [0.25, 0.3) is 5.91 Å². The number of nitrogens with zero attached hydrogens (tertiary/aromatic N) is 2. The minimum absolute atomic E-state index is 0.0695. The third-order valence-corrected chi connectivity index (χ3v) is 5.36. The van der Waals surface area contributed by atoms with Crippen LogP contribution in [0.25, 0.3) is 0 Å². The third kappa shape index (κ3) is 4.30. The van der Waals surface area contributed by atoms with Crippen LogP contribution in [0.2, 0.25) is 0 Å². The summed E-state index contributed by atoms with van der Waals surface area (Å²) in [6.45, 7) is 2.40. The zero-order valence-corrected chi connectivity index (χ0v) is 17.7. The minimum atomic E-state index is -0.340. The first kappa shape index (κ1) is 21.4. The van der Waals surface area contributed by atoms with Gasteiger partial charge in [0.2, 0.25) is 11.8 Å². The molecule has 7 heteroatoms. The third-order valence-electron chi connectivity index (χ3n) is 5.36. The summed E-state index contributed by atoms with van der Waals surface area (Å²) < 4.78 is 10.6. The average molecular weight is 410 g/mol. The highest BCUT2D eigenvalue weighted by Crippen LogP contribution is 2.30. The van der Waals surface area contributed by atoms with E-state index in [9.17, 15) is 14.4 Å². The van der Waals surface area contributed by atoms with E-state index in [2.05, 4.69) is 0 Å². The van der Waals surface area contributed by atoms with Crippen molar-refractivity contribution in [3.63, 3.8) is 0 Å². The van der Waals surface area contributed by atoms with E-state index < -0.39 is 0 Å². The number of hydrogen-bond acceptors (Lipinski definition) is 5. The first-order valence-corrected chi connectivity index (χ1v) is 9.73. The minimum Gasteiger partial charge on any atom is -0.493 e.